The zero-order chi connectivity index (χ0) is 17.6. The van der Waals surface area contributed by atoms with E-state index >= 15 is 0 Å². The fourth-order valence-electron chi connectivity index (χ4n) is 2.95. The number of aromatic nitrogens is 2. The summed E-state index contributed by atoms with van der Waals surface area (Å²) in [7, 11) is 1.84. The Morgan fingerprint density at radius 3 is 3.00 bits per heavy atom. The molecule has 6 nitrogen and oxygen atoms in total. The third kappa shape index (κ3) is 4.90. The lowest BCUT2D eigenvalue weighted by Gasteiger charge is -2.26. The Morgan fingerprint density at radius 1 is 1.36 bits per heavy atom. The summed E-state index contributed by atoms with van der Waals surface area (Å²) in [6, 6.07) is 8.19. The SMILES string of the molecule is Cc1cccc(-n2cc(CN(C)C(=O)CCN3CCCCO3)cn2)c1. The lowest BCUT2D eigenvalue weighted by Crippen LogP contribution is -2.34. The van der Waals surface area contributed by atoms with E-state index in [9.17, 15) is 4.79 Å². The quantitative estimate of drug-likeness (QED) is 0.810. The van der Waals surface area contributed by atoms with Crippen molar-refractivity contribution in [3.8, 4) is 5.69 Å². The minimum atomic E-state index is 0.123. The second kappa shape index (κ2) is 8.27. The van der Waals surface area contributed by atoms with E-state index in [2.05, 4.69) is 24.2 Å². The van der Waals surface area contributed by atoms with Crippen LogP contribution < -0.4 is 0 Å². The van der Waals surface area contributed by atoms with Gasteiger partial charge in [0.15, 0.2) is 0 Å². The van der Waals surface area contributed by atoms with Crippen LogP contribution in [0, 0.1) is 6.92 Å². The van der Waals surface area contributed by atoms with Crippen LogP contribution in [0.4, 0.5) is 0 Å². The molecule has 134 valence electrons. The molecular weight excluding hydrogens is 316 g/mol. The number of carbonyl (C=O) groups is 1. The van der Waals surface area contributed by atoms with Gasteiger partial charge in [0.05, 0.1) is 18.5 Å². The standard InChI is InChI=1S/C19H26N4O2/c1-16-6-5-7-18(12-16)23-15-17(13-20-23)14-21(2)19(24)8-10-22-9-3-4-11-25-22/h5-7,12-13,15H,3-4,8-11,14H2,1-2H3. The summed E-state index contributed by atoms with van der Waals surface area (Å²) in [6.45, 7) is 4.96. The van der Waals surface area contributed by atoms with Gasteiger partial charge in [-0.3, -0.25) is 9.63 Å². The van der Waals surface area contributed by atoms with Gasteiger partial charge in [0.1, 0.15) is 0 Å². The van der Waals surface area contributed by atoms with Gasteiger partial charge in [0.25, 0.3) is 0 Å². The van der Waals surface area contributed by atoms with E-state index < -0.39 is 0 Å². The number of amides is 1. The predicted octanol–water partition coefficient (Wildman–Crippen LogP) is 2.56. The summed E-state index contributed by atoms with van der Waals surface area (Å²) in [5.41, 5.74) is 3.25. The number of benzene rings is 1. The molecule has 1 saturated heterocycles. The fourth-order valence-corrected chi connectivity index (χ4v) is 2.95. The molecular formula is C19H26N4O2. The molecule has 0 radical (unpaired) electrons. The maximum Gasteiger partial charge on any atom is 0.223 e. The number of nitrogens with zero attached hydrogens (tertiary/aromatic N) is 4. The molecule has 0 atom stereocenters. The average molecular weight is 342 g/mol. The van der Waals surface area contributed by atoms with Crippen molar-refractivity contribution in [3.63, 3.8) is 0 Å². The number of aryl methyl sites for hydroxylation is 1. The van der Waals surface area contributed by atoms with Crippen LogP contribution in [0.5, 0.6) is 0 Å². The summed E-state index contributed by atoms with van der Waals surface area (Å²) in [4.78, 5) is 19.6. The van der Waals surface area contributed by atoms with Gasteiger partial charge in [0, 0.05) is 44.9 Å². The van der Waals surface area contributed by atoms with Gasteiger partial charge in [-0.25, -0.2) is 4.68 Å². The number of hydroxylamine groups is 2. The minimum absolute atomic E-state index is 0.123. The normalized spacial score (nSPS) is 15.3. The molecule has 0 saturated carbocycles. The van der Waals surface area contributed by atoms with Gasteiger partial charge >= 0.3 is 0 Å². The van der Waals surface area contributed by atoms with Crippen LogP contribution >= 0.6 is 0 Å². The van der Waals surface area contributed by atoms with Crippen LogP contribution in [0.1, 0.15) is 30.4 Å². The number of hydrogen-bond acceptors (Lipinski definition) is 4. The summed E-state index contributed by atoms with van der Waals surface area (Å²) >= 11 is 0. The Hall–Kier alpha value is -2.18. The van der Waals surface area contributed by atoms with Gasteiger partial charge in [-0.15, -0.1) is 0 Å². The highest BCUT2D eigenvalue weighted by Crippen LogP contribution is 2.12. The predicted molar refractivity (Wildman–Crippen MR) is 96.2 cm³/mol. The van der Waals surface area contributed by atoms with E-state index in [1.807, 2.05) is 41.3 Å². The van der Waals surface area contributed by atoms with Crippen molar-refractivity contribution >= 4 is 5.91 Å². The van der Waals surface area contributed by atoms with Crippen molar-refractivity contribution < 1.29 is 9.63 Å². The smallest absolute Gasteiger partial charge is 0.223 e. The minimum Gasteiger partial charge on any atom is -0.341 e. The molecule has 1 fully saturated rings. The molecule has 0 unspecified atom stereocenters. The van der Waals surface area contributed by atoms with E-state index in [-0.39, 0.29) is 5.91 Å². The van der Waals surface area contributed by atoms with Gasteiger partial charge in [0.2, 0.25) is 5.91 Å². The molecule has 2 heterocycles. The topological polar surface area (TPSA) is 50.6 Å². The van der Waals surface area contributed by atoms with Gasteiger partial charge < -0.3 is 4.90 Å². The highest BCUT2D eigenvalue weighted by Gasteiger charge is 2.15. The Labute approximate surface area is 148 Å². The molecule has 1 aromatic carbocycles. The van der Waals surface area contributed by atoms with Crippen molar-refractivity contribution in [1.29, 1.82) is 0 Å². The molecule has 3 rings (SSSR count). The summed E-state index contributed by atoms with van der Waals surface area (Å²) < 4.78 is 1.85. The van der Waals surface area contributed by atoms with Crippen molar-refractivity contribution in [1.82, 2.24) is 19.7 Å². The molecule has 0 spiro atoms. The van der Waals surface area contributed by atoms with Crippen LogP contribution in [0.3, 0.4) is 0 Å². The van der Waals surface area contributed by atoms with Crippen LogP contribution in [0.2, 0.25) is 0 Å². The van der Waals surface area contributed by atoms with Crippen molar-refractivity contribution in [2.45, 2.75) is 32.7 Å². The molecule has 0 aliphatic carbocycles. The summed E-state index contributed by atoms with van der Waals surface area (Å²) in [5, 5.41) is 6.32. The first kappa shape index (κ1) is 17.6. The van der Waals surface area contributed by atoms with Crippen LogP contribution in [-0.2, 0) is 16.2 Å². The number of carbonyl (C=O) groups excluding carboxylic acids is 1. The zero-order valence-electron chi connectivity index (χ0n) is 15.0. The fraction of sp³-hybridized carbons (Fsp3) is 0.474. The highest BCUT2D eigenvalue weighted by atomic mass is 16.7. The zero-order valence-corrected chi connectivity index (χ0v) is 15.0. The van der Waals surface area contributed by atoms with E-state index in [0.717, 1.165) is 37.2 Å². The van der Waals surface area contributed by atoms with Gasteiger partial charge in [-0.1, -0.05) is 12.1 Å². The largest absolute Gasteiger partial charge is 0.341 e. The Kier molecular flexibility index (Phi) is 5.83. The average Bonchev–Trinajstić information content (AvgIpc) is 3.09. The van der Waals surface area contributed by atoms with Crippen molar-refractivity contribution in [2.24, 2.45) is 0 Å². The maximum absolute atomic E-state index is 12.3. The molecule has 1 amide bonds. The van der Waals surface area contributed by atoms with Crippen LogP contribution in [0.25, 0.3) is 5.69 Å². The molecule has 0 N–H and O–H groups in total. The lowest BCUT2D eigenvalue weighted by molar-refractivity contribution is -0.182. The highest BCUT2D eigenvalue weighted by molar-refractivity contribution is 5.76. The van der Waals surface area contributed by atoms with Gasteiger partial charge in [-0.05, 0) is 37.5 Å². The molecule has 1 aromatic heterocycles. The molecule has 1 aliphatic heterocycles. The van der Waals surface area contributed by atoms with E-state index in [1.165, 1.54) is 5.56 Å². The van der Waals surface area contributed by atoms with Crippen molar-refractivity contribution in [3.05, 3.63) is 47.8 Å². The first-order valence-corrected chi connectivity index (χ1v) is 8.84. The number of rotatable bonds is 6. The van der Waals surface area contributed by atoms with Crippen LogP contribution in [-0.4, -0.2) is 52.4 Å². The monoisotopic (exact) mass is 342 g/mol. The molecule has 6 heteroatoms. The summed E-state index contributed by atoms with van der Waals surface area (Å²) in [5.74, 6) is 0.123. The van der Waals surface area contributed by atoms with Gasteiger partial charge in [-0.2, -0.15) is 10.2 Å². The summed E-state index contributed by atoms with van der Waals surface area (Å²) in [6.07, 6.45) is 6.52. The Bertz CT molecular complexity index is 707. The molecule has 2 aromatic rings. The van der Waals surface area contributed by atoms with Crippen LogP contribution in [0.15, 0.2) is 36.7 Å². The van der Waals surface area contributed by atoms with E-state index in [1.54, 1.807) is 4.90 Å². The molecule has 1 aliphatic rings. The Morgan fingerprint density at radius 2 is 2.24 bits per heavy atom. The van der Waals surface area contributed by atoms with Crippen molar-refractivity contribution in [2.75, 3.05) is 26.7 Å². The number of hydrogen-bond donors (Lipinski definition) is 0. The van der Waals surface area contributed by atoms with E-state index in [4.69, 9.17) is 4.84 Å². The first-order chi connectivity index (χ1) is 12.1. The molecule has 0 bridgehead atoms. The maximum atomic E-state index is 12.3. The molecule has 25 heavy (non-hydrogen) atoms. The third-order valence-electron chi connectivity index (χ3n) is 4.40. The lowest BCUT2D eigenvalue weighted by atomic mass is 10.2. The Balaban J connectivity index is 1.52. The second-order valence-corrected chi connectivity index (χ2v) is 6.60. The van der Waals surface area contributed by atoms with E-state index in [0.29, 0.717) is 19.5 Å². The first-order valence-electron chi connectivity index (χ1n) is 8.84. The third-order valence-corrected chi connectivity index (χ3v) is 4.40. The second-order valence-electron chi connectivity index (χ2n) is 6.60.